The zero-order valence-corrected chi connectivity index (χ0v) is 10.6. The summed E-state index contributed by atoms with van der Waals surface area (Å²) in [5.41, 5.74) is 1.08. The normalized spacial score (nSPS) is 16.0. The minimum Gasteiger partial charge on any atom is -0.347 e. The zero-order valence-electron chi connectivity index (χ0n) is 10.6. The summed E-state index contributed by atoms with van der Waals surface area (Å²) in [5.74, 6) is 0.345. The van der Waals surface area contributed by atoms with Gasteiger partial charge in [0.25, 0.3) is 0 Å². The number of rotatable bonds is 5. The number of nitrogens with one attached hydrogen (secondary N) is 1. The molecule has 1 heterocycles. The Morgan fingerprint density at radius 2 is 1.95 bits per heavy atom. The first-order valence-corrected chi connectivity index (χ1v) is 6.52. The van der Waals surface area contributed by atoms with Crippen LogP contribution in [0.1, 0.15) is 24.4 Å². The van der Waals surface area contributed by atoms with E-state index in [9.17, 15) is 4.79 Å². The lowest BCUT2D eigenvalue weighted by molar-refractivity contribution is -0.123. The SMILES string of the molecule is O=C(NC(Cn1nccn1)c1ccccc1)C1CC1. The van der Waals surface area contributed by atoms with Gasteiger partial charge in [-0.3, -0.25) is 4.79 Å². The molecule has 0 spiro atoms. The van der Waals surface area contributed by atoms with Crippen LogP contribution in [0, 0.1) is 5.92 Å². The molecule has 19 heavy (non-hydrogen) atoms. The molecule has 3 rings (SSSR count). The van der Waals surface area contributed by atoms with Gasteiger partial charge in [0.2, 0.25) is 5.91 Å². The number of benzene rings is 1. The number of hydrogen-bond acceptors (Lipinski definition) is 3. The number of amides is 1. The lowest BCUT2D eigenvalue weighted by atomic mass is 10.1. The highest BCUT2D eigenvalue weighted by Crippen LogP contribution is 2.30. The van der Waals surface area contributed by atoms with Gasteiger partial charge >= 0.3 is 0 Å². The molecule has 1 aliphatic carbocycles. The van der Waals surface area contributed by atoms with Crippen molar-refractivity contribution in [3.63, 3.8) is 0 Å². The predicted octanol–water partition coefficient (Wildman–Crippen LogP) is 1.55. The quantitative estimate of drug-likeness (QED) is 0.883. The maximum Gasteiger partial charge on any atom is 0.223 e. The van der Waals surface area contributed by atoms with E-state index in [-0.39, 0.29) is 17.9 Å². The summed E-state index contributed by atoms with van der Waals surface area (Å²) < 4.78 is 0. The van der Waals surface area contributed by atoms with E-state index >= 15 is 0 Å². The molecule has 1 aromatic carbocycles. The van der Waals surface area contributed by atoms with Crippen molar-refractivity contribution in [3.8, 4) is 0 Å². The van der Waals surface area contributed by atoms with Gasteiger partial charge in [-0.05, 0) is 18.4 Å². The Labute approximate surface area is 111 Å². The molecule has 5 nitrogen and oxygen atoms in total. The molecule has 1 unspecified atom stereocenters. The summed E-state index contributed by atoms with van der Waals surface area (Å²) >= 11 is 0. The zero-order chi connectivity index (χ0) is 13.1. The molecule has 1 N–H and O–H groups in total. The molecule has 1 amide bonds. The second-order valence-corrected chi connectivity index (χ2v) is 4.83. The smallest absolute Gasteiger partial charge is 0.223 e. The minimum atomic E-state index is -0.0818. The topological polar surface area (TPSA) is 59.8 Å². The standard InChI is InChI=1S/C14H16N4O/c19-14(12-6-7-12)17-13(10-18-15-8-9-16-18)11-4-2-1-3-5-11/h1-5,8-9,12-13H,6-7,10H2,(H,17,19). The van der Waals surface area contributed by atoms with Crippen molar-refractivity contribution in [2.75, 3.05) is 0 Å². The number of aromatic nitrogens is 3. The summed E-state index contributed by atoms with van der Waals surface area (Å²) in [6.45, 7) is 0.551. The van der Waals surface area contributed by atoms with Crippen LogP contribution in [0.3, 0.4) is 0 Å². The average Bonchev–Trinajstić information content (AvgIpc) is 3.18. The maximum atomic E-state index is 12.0. The van der Waals surface area contributed by atoms with E-state index in [1.54, 1.807) is 17.2 Å². The molecule has 1 aromatic heterocycles. The Hall–Kier alpha value is -2.17. The second-order valence-electron chi connectivity index (χ2n) is 4.83. The van der Waals surface area contributed by atoms with Crippen molar-refractivity contribution in [1.82, 2.24) is 20.3 Å². The third kappa shape index (κ3) is 2.99. The molecule has 1 fully saturated rings. The molecule has 1 aliphatic rings. The monoisotopic (exact) mass is 256 g/mol. The molecular formula is C14H16N4O. The van der Waals surface area contributed by atoms with Crippen LogP contribution in [0.4, 0.5) is 0 Å². The molecule has 2 aromatic rings. The van der Waals surface area contributed by atoms with Crippen molar-refractivity contribution in [2.45, 2.75) is 25.4 Å². The maximum absolute atomic E-state index is 12.0. The van der Waals surface area contributed by atoms with E-state index in [0.717, 1.165) is 18.4 Å². The lowest BCUT2D eigenvalue weighted by Crippen LogP contribution is -2.33. The van der Waals surface area contributed by atoms with Crippen LogP contribution < -0.4 is 5.32 Å². The highest BCUT2D eigenvalue weighted by Gasteiger charge is 2.31. The van der Waals surface area contributed by atoms with E-state index in [4.69, 9.17) is 0 Å². The molecule has 0 radical (unpaired) electrons. The fourth-order valence-electron chi connectivity index (χ4n) is 2.06. The van der Waals surface area contributed by atoms with Crippen molar-refractivity contribution in [1.29, 1.82) is 0 Å². The molecule has 0 saturated heterocycles. The van der Waals surface area contributed by atoms with Gasteiger partial charge in [-0.1, -0.05) is 30.3 Å². The van der Waals surface area contributed by atoms with E-state index in [1.165, 1.54) is 0 Å². The Balaban J connectivity index is 1.76. The first-order chi connectivity index (χ1) is 9.33. The third-order valence-corrected chi connectivity index (χ3v) is 3.28. The van der Waals surface area contributed by atoms with Crippen molar-refractivity contribution in [2.24, 2.45) is 5.92 Å². The lowest BCUT2D eigenvalue weighted by Gasteiger charge is -2.18. The van der Waals surface area contributed by atoms with Gasteiger partial charge in [-0.25, -0.2) is 0 Å². The van der Waals surface area contributed by atoms with Gasteiger partial charge in [-0.2, -0.15) is 15.0 Å². The molecule has 0 aliphatic heterocycles. The Bertz CT molecular complexity index is 534. The number of carbonyl (C=O) groups excluding carboxylic acids is 1. The molecule has 1 atom stereocenters. The summed E-state index contributed by atoms with van der Waals surface area (Å²) in [4.78, 5) is 13.6. The van der Waals surface area contributed by atoms with E-state index in [1.807, 2.05) is 30.3 Å². The van der Waals surface area contributed by atoms with Crippen LogP contribution in [0.5, 0.6) is 0 Å². The molecule has 5 heteroatoms. The number of hydrogen-bond donors (Lipinski definition) is 1. The van der Waals surface area contributed by atoms with Crippen molar-refractivity contribution < 1.29 is 4.79 Å². The third-order valence-electron chi connectivity index (χ3n) is 3.28. The molecule has 1 saturated carbocycles. The number of carbonyl (C=O) groups is 1. The Morgan fingerprint density at radius 3 is 2.58 bits per heavy atom. The summed E-state index contributed by atoms with van der Waals surface area (Å²) in [7, 11) is 0. The van der Waals surface area contributed by atoms with Crippen LogP contribution in [0.15, 0.2) is 42.7 Å². The van der Waals surface area contributed by atoms with Crippen LogP contribution >= 0.6 is 0 Å². The van der Waals surface area contributed by atoms with Crippen molar-refractivity contribution in [3.05, 3.63) is 48.3 Å². The second kappa shape index (κ2) is 5.22. The van der Waals surface area contributed by atoms with Crippen molar-refractivity contribution >= 4 is 5.91 Å². The number of nitrogens with zero attached hydrogens (tertiary/aromatic N) is 3. The summed E-state index contributed by atoms with van der Waals surface area (Å²) in [6.07, 6.45) is 5.30. The fourth-order valence-corrected chi connectivity index (χ4v) is 2.06. The largest absolute Gasteiger partial charge is 0.347 e. The van der Waals surface area contributed by atoms with Gasteiger partial charge in [-0.15, -0.1) is 0 Å². The highest BCUT2D eigenvalue weighted by molar-refractivity contribution is 5.81. The van der Waals surface area contributed by atoms with Crippen LogP contribution in [-0.2, 0) is 11.3 Å². The summed E-state index contributed by atoms with van der Waals surface area (Å²) in [6, 6.07) is 9.87. The van der Waals surface area contributed by atoms with Gasteiger partial charge < -0.3 is 5.32 Å². The summed E-state index contributed by atoms with van der Waals surface area (Å²) in [5, 5.41) is 11.3. The predicted molar refractivity (Wildman–Crippen MR) is 70.1 cm³/mol. The van der Waals surface area contributed by atoms with Crippen LogP contribution in [-0.4, -0.2) is 20.9 Å². The Kier molecular flexibility index (Phi) is 3.27. The van der Waals surface area contributed by atoms with Gasteiger partial charge in [0.1, 0.15) is 0 Å². The highest BCUT2D eigenvalue weighted by atomic mass is 16.2. The molecular weight excluding hydrogens is 240 g/mol. The molecule has 0 bridgehead atoms. The van der Waals surface area contributed by atoms with Gasteiger partial charge in [0.15, 0.2) is 0 Å². The molecule has 98 valence electrons. The van der Waals surface area contributed by atoms with Gasteiger partial charge in [0.05, 0.1) is 25.0 Å². The first-order valence-electron chi connectivity index (χ1n) is 6.52. The van der Waals surface area contributed by atoms with Crippen LogP contribution in [0.25, 0.3) is 0 Å². The van der Waals surface area contributed by atoms with Crippen LogP contribution in [0.2, 0.25) is 0 Å². The van der Waals surface area contributed by atoms with Gasteiger partial charge in [0, 0.05) is 5.92 Å². The van der Waals surface area contributed by atoms with E-state index in [0.29, 0.717) is 6.54 Å². The first kappa shape index (κ1) is 11.9. The van der Waals surface area contributed by atoms with E-state index in [2.05, 4.69) is 15.5 Å². The Morgan fingerprint density at radius 1 is 1.26 bits per heavy atom. The minimum absolute atomic E-state index is 0.0818. The fraction of sp³-hybridized carbons (Fsp3) is 0.357. The average molecular weight is 256 g/mol. The van der Waals surface area contributed by atoms with E-state index < -0.39 is 0 Å².